The van der Waals surface area contributed by atoms with Crippen molar-refractivity contribution in [2.75, 3.05) is 6.54 Å². The fraction of sp³-hybridized carbons (Fsp3) is 0.467. The van der Waals surface area contributed by atoms with Gasteiger partial charge in [0.05, 0.1) is 0 Å². The Morgan fingerprint density at radius 1 is 1.38 bits per heavy atom. The van der Waals surface area contributed by atoms with Crippen molar-refractivity contribution in [1.82, 2.24) is 5.32 Å². The zero-order valence-corrected chi connectivity index (χ0v) is 12.2. The Morgan fingerprint density at radius 2 is 2.14 bits per heavy atom. The van der Waals surface area contributed by atoms with Crippen molar-refractivity contribution in [2.45, 2.75) is 31.6 Å². The number of rotatable bonds is 7. The fourth-order valence-corrected chi connectivity index (χ4v) is 2.72. The van der Waals surface area contributed by atoms with Crippen LogP contribution < -0.4 is 5.32 Å². The van der Waals surface area contributed by atoms with Gasteiger partial charge in [0.25, 0.3) is 0 Å². The van der Waals surface area contributed by atoms with E-state index in [1.807, 2.05) is 0 Å². The van der Waals surface area contributed by atoms with E-state index in [2.05, 4.69) is 5.32 Å². The molecule has 0 radical (unpaired) electrons. The van der Waals surface area contributed by atoms with Crippen molar-refractivity contribution in [1.29, 1.82) is 0 Å². The highest BCUT2D eigenvalue weighted by Gasteiger charge is 2.45. The molecule has 6 heteroatoms. The summed E-state index contributed by atoms with van der Waals surface area (Å²) in [7, 11) is 0. The molecule has 1 aliphatic rings. The van der Waals surface area contributed by atoms with Gasteiger partial charge in [-0.2, -0.15) is 0 Å². The van der Waals surface area contributed by atoms with Crippen LogP contribution in [0.4, 0.5) is 4.39 Å². The highest BCUT2D eigenvalue weighted by molar-refractivity contribution is 6.31. The van der Waals surface area contributed by atoms with Gasteiger partial charge in [0.2, 0.25) is 5.91 Å². The van der Waals surface area contributed by atoms with Crippen molar-refractivity contribution in [3.05, 3.63) is 34.6 Å². The summed E-state index contributed by atoms with van der Waals surface area (Å²) in [6, 6.07) is 4.51. The minimum absolute atomic E-state index is 0.104. The normalized spacial score (nSPS) is 20.1. The van der Waals surface area contributed by atoms with Gasteiger partial charge in [0.15, 0.2) is 0 Å². The summed E-state index contributed by atoms with van der Waals surface area (Å²) in [5, 5.41) is 11.6. The number of unbranched alkanes of at least 4 members (excludes halogenated alkanes) is 1. The molecule has 2 N–H and O–H groups in total. The lowest BCUT2D eigenvalue weighted by Gasteiger charge is -2.06. The molecule has 1 saturated carbocycles. The third kappa shape index (κ3) is 4.17. The first-order valence-electron chi connectivity index (χ1n) is 6.94. The first-order valence-corrected chi connectivity index (χ1v) is 7.32. The van der Waals surface area contributed by atoms with Crippen LogP contribution in [0.5, 0.6) is 0 Å². The molecule has 0 heterocycles. The topological polar surface area (TPSA) is 66.4 Å². The average Bonchev–Trinajstić information content (AvgIpc) is 3.18. The molecule has 2 atom stereocenters. The summed E-state index contributed by atoms with van der Waals surface area (Å²) in [6.45, 7) is 0.445. The second kappa shape index (κ2) is 6.89. The molecule has 0 spiro atoms. The van der Waals surface area contributed by atoms with E-state index in [-0.39, 0.29) is 30.0 Å². The van der Waals surface area contributed by atoms with E-state index in [9.17, 15) is 14.0 Å². The van der Waals surface area contributed by atoms with Gasteiger partial charge in [0, 0.05) is 35.4 Å². The van der Waals surface area contributed by atoms with Crippen LogP contribution in [0.3, 0.4) is 0 Å². The maximum Gasteiger partial charge on any atom is 0.303 e. The Morgan fingerprint density at radius 3 is 2.81 bits per heavy atom. The van der Waals surface area contributed by atoms with Gasteiger partial charge in [-0.25, -0.2) is 4.39 Å². The number of aliphatic carboxylic acids is 1. The third-order valence-electron chi connectivity index (χ3n) is 3.61. The van der Waals surface area contributed by atoms with E-state index < -0.39 is 5.97 Å². The highest BCUT2D eigenvalue weighted by atomic mass is 35.5. The van der Waals surface area contributed by atoms with Crippen molar-refractivity contribution in [3.8, 4) is 0 Å². The zero-order valence-electron chi connectivity index (χ0n) is 11.4. The first-order chi connectivity index (χ1) is 10.0. The molecule has 114 valence electrons. The van der Waals surface area contributed by atoms with Gasteiger partial charge in [-0.1, -0.05) is 17.7 Å². The lowest BCUT2D eigenvalue weighted by Crippen LogP contribution is -2.26. The van der Waals surface area contributed by atoms with Crippen LogP contribution in [-0.4, -0.2) is 23.5 Å². The van der Waals surface area contributed by atoms with E-state index in [0.717, 1.165) is 0 Å². The number of amides is 1. The predicted octanol–water partition coefficient (Wildman–Crippen LogP) is 2.95. The van der Waals surface area contributed by atoms with Gasteiger partial charge in [-0.05, 0) is 31.4 Å². The zero-order chi connectivity index (χ0) is 15.4. The first kappa shape index (κ1) is 15.8. The predicted molar refractivity (Wildman–Crippen MR) is 76.8 cm³/mol. The van der Waals surface area contributed by atoms with Crippen molar-refractivity contribution in [2.24, 2.45) is 5.92 Å². The monoisotopic (exact) mass is 313 g/mol. The van der Waals surface area contributed by atoms with Crippen molar-refractivity contribution < 1.29 is 19.1 Å². The van der Waals surface area contributed by atoms with E-state index in [1.165, 1.54) is 6.07 Å². The number of benzene rings is 1. The second-order valence-electron chi connectivity index (χ2n) is 5.23. The molecule has 1 aromatic rings. The fourth-order valence-electron chi connectivity index (χ4n) is 2.41. The molecular formula is C15H17ClFNO3. The average molecular weight is 314 g/mol. The van der Waals surface area contributed by atoms with Crippen LogP contribution in [0.25, 0.3) is 0 Å². The number of carbonyl (C=O) groups is 2. The SMILES string of the molecule is O=C(O)CCCCNC(=O)[C@H]1C[C@@H]1c1c(F)cccc1Cl. The molecule has 0 aromatic heterocycles. The van der Waals surface area contributed by atoms with Crippen LogP contribution in [0.1, 0.15) is 37.2 Å². The maximum absolute atomic E-state index is 13.7. The Labute approximate surface area is 127 Å². The van der Waals surface area contributed by atoms with E-state index in [1.54, 1.807) is 12.1 Å². The van der Waals surface area contributed by atoms with Gasteiger partial charge in [0.1, 0.15) is 5.82 Å². The summed E-state index contributed by atoms with van der Waals surface area (Å²) in [5.41, 5.74) is 0.421. The number of halogens is 2. The van der Waals surface area contributed by atoms with Crippen LogP contribution in [0.15, 0.2) is 18.2 Å². The molecule has 0 bridgehead atoms. The van der Waals surface area contributed by atoms with Gasteiger partial charge in [-0.3, -0.25) is 9.59 Å². The number of carbonyl (C=O) groups excluding carboxylic acids is 1. The van der Waals surface area contributed by atoms with Crippen molar-refractivity contribution >= 4 is 23.5 Å². The number of nitrogens with one attached hydrogen (secondary N) is 1. The highest BCUT2D eigenvalue weighted by Crippen LogP contribution is 2.50. The molecule has 0 unspecified atom stereocenters. The smallest absolute Gasteiger partial charge is 0.303 e. The Hall–Kier alpha value is -1.62. The largest absolute Gasteiger partial charge is 0.481 e. The quantitative estimate of drug-likeness (QED) is 0.761. The summed E-state index contributed by atoms with van der Waals surface area (Å²) >= 11 is 5.98. The number of hydrogen-bond acceptors (Lipinski definition) is 2. The Bertz CT molecular complexity index is 529. The lowest BCUT2D eigenvalue weighted by molar-refractivity contribution is -0.137. The second-order valence-corrected chi connectivity index (χ2v) is 5.63. The Balaban J connectivity index is 1.78. The molecule has 4 nitrogen and oxygen atoms in total. The van der Waals surface area contributed by atoms with E-state index in [0.29, 0.717) is 36.4 Å². The molecule has 2 rings (SSSR count). The Kier molecular flexibility index (Phi) is 5.17. The molecule has 1 fully saturated rings. The summed E-state index contributed by atoms with van der Waals surface area (Å²) in [6.07, 6.45) is 1.85. The van der Waals surface area contributed by atoms with Crippen LogP contribution >= 0.6 is 11.6 Å². The molecule has 21 heavy (non-hydrogen) atoms. The van der Waals surface area contributed by atoms with Crippen molar-refractivity contribution in [3.63, 3.8) is 0 Å². The summed E-state index contributed by atoms with van der Waals surface area (Å²) in [4.78, 5) is 22.3. The van der Waals surface area contributed by atoms with Gasteiger partial charge < -0.3 is 10.4 Å². The minimum atomic E-state index is -0.835. The van der Waals surface area contributed by atoms with E-state index in [4.69, 9.17) is 16.7 Å². The summed E-state index contributed by atoms with van der Waals surface area (Å²) < 4.78 is 13.7. The number of carboxylic acids is 1. The molecule has 0 saturated heterocycles. The molecule has 1 aromatic carbocycles. The number of carboxylic acid groups (broad SMARTS) is 1. The lowest BCUT2D eigenvalue weighted by atomic mass is 10.1. The molecular weight excluding hydrogens is 297 g/mol. The molecule has 1 amide bonds. The van der Waals surface area contributed by atoms with Crippen LogP contribution in [0, 0.1) is 11.7 Å². The van der Waals surface area contributed by atoms with Crippen LogP contribution in [0.2, 0.25) is 5.02 Å². The van der Waals surface area contributed by atoms with E-state index >= 15 is 0 Å². The standard InChI is InChI=1S/C15H17ClFNO3/c16-11-4-3-5-12(17)14(11)9-8-10(9)15(21)18-7-2-1-6-13(19)20/h3-5,9-10H,1-2,6-8H2,(H,18,21)(H,19,20)/t9-,10-/m0/s1. The van der Waals surface area contributed by atoms with Crippen LogP contribution in [-0.2, 0) is 9.59 Å². The maximum atomic E-state index is 13.7. The number of hydrogen-bond donors (Lipinski definition) is 2. The molecule has 0 aliphatic heterocycles. The van der Waals surface area contributed by atoms with Gasteiger partial charge >= 0.3 is 5.97 Å². The molecule has 1 aliphatic carbocycles. The minimum Gasteiger partial charge on any atom is -0.481 e. The van der Waals surface area contributed by atoms with Gasteiger partial charge in [-0.15, -0.1) is 0 Å². The summed E-state index contributed by atoms with van der Waals surface area (Å²) in [5.74, 6) is -1.71. The third-order valence-corrected chi connectivity index (χ3v) is 3.94.